The molecule has 2 heteroatoms. The molecule has 0 aromatic heterocycles. The number of hydrogen-bond donors (Lipinski definition) is 1. The van der Waals surface area contributed by atoms with Crippen molar-refractivity contribution >= 4 is 11.9 Å². The molecule has 0 atom stereocenters. The Kier molecular flexibility index (Phi) is 5.08. The van der Waals surface area contributed by atoms with Gasteiger partial charge in [0.05, 0.1) is 0 Å². The summed E-state index contributed by atoms with van der Waals surface area (Å²) in [4.78, 5) is 0. The molecule has 0 aromatic carbocycles. The van der Waals surface area contributed by atoms with Crippen molar-refractivity contribution in [3.05, 3.63) is 0 Å². The third-order valence-corrected chi connectivity index (χ3v) is 3.22. The molecule has 1 saturated carbocycles. The van der Waals surface area contributed by atoms with Crippen LogP contribution in [0.3, 0.4) is 0 Å². The lowest BCUT2D eigenvalue weighted by Gasteiger charge is -2.21. The average Bonchev–Trinajstić information content (AvgIpc) is 2.05. The molecule has 0 unspecified atom stereocenters. The highest BCUT2D eigenvalue weighted by molar-refractivity contribution is 7.97. The highest BCUT2D eigenvalue weighted by Gasteiger charge is 2.12. The third kappa shape index (κ3) is 4.36. The number of hydrogen-bond acceptors (Lipinski definition) is 2. The van der Waals surface area contributed by atoms with E-state index in [-0.39, 0.29) is 0 Å². The fourth-order valence-corrected chi connectivity index (χ4v) is 2.39. The predicted molar refractivity (Wildman–Crippen MR) is 57.3 cm³/mol. The maximum absolute atomic E-state index is 3.47. The quantitative estimate of drug-likeness (QED) is 0.678. The fourth-order valence-electron chi connectivity index (χ4n) is 1.72. The standard InChI is InChI=1S/C10H21NS/c1-9(2)12-11-8-10-6-4-3-5-7-10/h9-11H,3-8H2,1-2H3. The Balaban J connectivity index is 1.98. The van der Waals surface area contributed by atoms with Gasteiger partial charge in [-0.05, 0) is 18.8 Å². The summed E-state index contributed by atoms with van der Waals surface area (Å²) in [5.74, 6) is 0.963. The van der Waals surface area contributed by atoms with Gasteiger partial charge in [0.25, 0.3) is 0 Å². The second kappa shape index (κ2) is 5.87. The van der Waals surface area contributed by atoms with Crippen LogP contribution in [0.25, 0.3) is 0 Å². The van der Waals surface area contributed by atoms with Gasteiger partial charge in [0.2, 0.25) is 0 Å². The van der Waals surface area contributed by atoms with Crippen LogP contribution in [0.4, 0.5) is 0 Å². The molecule has 1 nitrogen and oxygen atoms in total. The molecule has 0 radical (unpaired) electrons. The van der Waals surface area contributed by atoms with Gasteiger partial charge in [-0.3, -0.25) is 4.72 Å². The van der Waals surface area contributed by atoms with Crippen molar-refractivity contribution in [2.75, 3.05) is 6.54 Å². The molecular weight excluding hydrogens is 166 g/mol. The highest BCUT2D eigenvalue weighted by Crippen LogP contribution is 2.23. The van der Waals surface area contributed by atoms with Crippen LogP contribution in [0.1, 0.15) is 46.0 Å². The summed E-state index contributed by atoms with van der Waals surface area (Å²) in [6, 6.07) is 0. The molecule has 1 rings (SSSR count). The lowest BCUT2D eigenvalue weighted by Crippen LogP contribution is -2.20. The SMILES string of the molecule is CC(C)SNCC1CCCCC1. The van der Waals surface area contributed by atoms with E-state index >= 15 is 0 Å². The molecule has 0 amide bonds. The molecule has 0 aliphatic heterocycles. The van der Waals surface area contributed by atoms with Gasteiger partial charge in [0.15, 0.2) is 0 Å². The van der Waals surface area contributed by atoms with E-state index in [2.05, 4.69) is 18.6 Å². The highest BCUT2D eigenvalue weighted by atomic mass is 32.2. The molecule has 72 valence electrons. The van der Waals surface area contributed by atoms with Crippen LogP contribution in [0, 0.1) is 5.92 Å². The molecule has 0 heterocycles. The fraction of sp³-hybridized carbons (Fsp3) is 1.00. The van der Waals surface area contributed by atoms with E-state index in [4.69, 9.17) is 0 Å². The molecule has 0 bridgehead atoms. The van der Waals surface area contributed by atoms with Crippen molar-refractivity contribution in [2.45, 2.75) is 51.2 Å². The minimum absolute atomic E-state index is 0.716. The van der Waals surface area contributed by atoms with Crippen LogP contribution in [0.5, 0.6) is 0 Å². The Hall–Kier alpha value is 0.310. The molecular formula is C10H21NS. The van der Waals surface area contributed by atoms with Gasteiger partial charge < -0.3 is 0 Å². The van der Waals surface area contributed by atoms with Crippen molar-refractivity contribution in [2.24, 2.45) is 5.92 Å². The number of rotatable bonds is 4. The zero-order valence-corrected chi connectivity index (χ0v) is 9.12. The van der Waals surface area contributed by atoms with E-state index in [1.54, 1.807) is 0 Å². The average molecular weight is 187 g/mol. The van der Waals surface area contributed by atoms with Crippen LogP contribution in [-0.4, -0.2) is 11.8 Å². The Labute approximate surface area is 80.8 Å². The van der Waals surface area contributed by atoms with Crippen LogP contribution < -0.4 is 4.72 Å². The van der Waals surface area contributed by atoms with Crippen LogP contribution in [0.2, 0.25) is 0 Å². The van der Waals surface area contributed by atoms with Crippen LogP contribution >= 0.6 is 11.9 Å². The summed E-state index contributed by atoms with van der Waals surface area (Å²) in [5.41, 5.74) is 0. The van der Waals surface area contributed by atoms with E-state index in [9.17, 15) is 0 Å². The summed E-state index contributed by atoms with van der Waals surface area (Å²) < 4.78 is 3.47. The molecule has 12 heavy (non-hydrogen) atoms. The number of nitrogens with one attached hydrogen (secondary N) is 1. The molecule has 1 aliphatic carbocycles. The minimum atomic E-state index is 0.716. The van der Waals surface area contributed by atoms with Gasteiger partial charge >= 0.3 is 0 Å². The van der Waals surface area contributed by atoms with Gasteiger partial charge in [-0.25, -0.2) is 0 Å². The summed E-state index contributed by atoms with van der Waals surface area (Å²) in [6.07, 6.45) is 7.28. The summed E-state index contributed by atoms with van der Waals surface area (Å²) in [5, 5.41) is 0.716. The summed E-state index contributed by atoms with van der Waals surface area (Å²) in [7, 11) is 0. The predicted octanol–water partition coefficient (Wildman–Crippen LogP) is 3.21. The third-order valence-electron chi connectivity index (χ3n) is 2.42. The summed E-state index contributed by atoms with van der Waals surface area (Å²) >= 11 is 1.87. The van der Waals surface area contributed by atoms with Gasteiger partial charge in [0.1, 0.15) is 0 Å². The van der Waals surface area contributed by atoms with Gasteiger partial charge in [-0.2, -0.15) is 0 Å². The lowest BCUT2D eigenvalue weighted by atomic mass is 9.90. The van der Waals surface area contributed by atoms with Crippen molar-refractivity contribution in [1.29, 1.82) is 0 Å². The monoisotopic (exact) mass is 187 g/mol. The Morgan fingerprint density at radius 2 is 1.92 bits per heavy atom. The normalized spacial score (nSPS) is 20.2. The lowest BCUT2D eigenvalue weighted by molar-refractivity contribution is 0.360. The molecule has 1 fully saturated rings. The van der Waals surface area contributed by atoms with Crippen molar-refractivity contribution in [3.8, 4) is 0 Å². The Morgan fingerprint density at radius 3 is 2.50 bits per heavy atom. The molecule has 1 N–H and O–H groups in total. The van der Waals surface area contributed by atoms with Crippen molar-refractivity contribution < 1.29 is 0 Å². The van der Waals surface area contributed by atoms with E-state index in [1.807, 2.05) is 11.9 Å². The molecule has 0 aromatic rings. The van der Waals surface area contributed by atoms with Crippen LogP contribution in [-0.2, 0) is 0 Å². The van der Waals surface area contributed by atoms with E-state index < -0.39 is 0 Å². The van der Waals surface area contributed by atoms with Gasteiger partial charge in [0, 0.05) is 11.8 Å². The topological polar surface area (TPSA) is 12.0 Å². The first-order valence-electron chi connectivity index (χ1n) is 5.17. The van der Waals surface area contributed by atoms with Crippen LogP contribution in [0.15, 0.2) is 0 Å². The Morgan fingerprint density at radius 1 is 1.25 bits per heavy atom. The first-order valence-corrected chi connectivity index (χ1v) is 6.05. The van der Waals surface area contributed by atoms with E-state index in [1.165, 1.54) is 38.6 Å². The first-order chi connectivity index (χ1) is 5.79. The van der Waals surface area contributed by atoms with E-state index in [0.29, 0.717) is 5.25 Å². The van der Waals surface area contributed by atoms with E-state index in [0.717, 1.165) is 5.92 Å². The molecule has 0 saturated heterocycles. The molecule has 1 aliphatic rings. The minimum Gasteiger partial charge on any atom is -0.264 e. The Bertz CT molecular complexity index is 108. The summed E-state index contributed by atoms with van der Waals surface area (Å²) in [6.45, 7) is 5.69. The van der Waals surface area contributed by atoms with Crippen molar-refractivity contribution in [3.63, 3.8) is 0 Å². The maximum atomic E-state index is 3.47. The maximum Gasteiger partial charge on any atom is 0.0136 e. The van der Waals surface area contributed by atoms with Crippen molar-refractivity contribution in [1.82, 2.24) is 4.72 Å². The largest absolute Gasteiger partial charge is 0.264 e. The second-order valence-corrected chi connectivity index (χ2v) is 5.49. The first kappa shape index (κ1) is 10.4. The smallest absolute Gasteiger partial charge is 0.0136 e. The van der Waals surface area contributed by atoms with Gasteiger partial charge in [-0.15, -0.1) is 0 Å². The zero-order chi connectivity index (χ0) is 8.81. The zero-order valence-electron chi connectivity index (χ0n) is 8.31. The second-order valence-electron chi connectivity index (χ2n) is 4.02. The molecule has 0 spiro atoms. The van der Waals surface area contributed by atoms with Gasteiger partial charge in [-0.1, -0.05) is 45.1 Å².